The second kappa shape index (κ2) is 5.19. The topological polar surface area (TPSA) is 44.8 Å². The molecule has 1 aliphatic rings. The van der Waals surface area contributed by atoms with Gasteiger partial charge in [-0.2, -0.15) is 0 Å². The van der Waals surface area contributed by atoms with Crippen LogP contribution in [0.25, 0.3) is 0 Å². The van der Waals surface area contributed by atoms with Crippen LogP contribution in [0.15, 0.2) is 0 Å². The lowest BCUT2D eigenvalue weighted by Gasteiger charge is -2.21. The fourth-order valence-electron chi connectivity index (χ4n) is 1.55. The van der Waals surface area contributed by atoms with E-state index in [4.69, 9.17) is 14.0 Å². The number of hydrogen-bond acceptors (Lipinski definition) is 4. The van der Waals surface area contributed by atoms with Crippen LogP contribution in [-0.2, 0) is 18.6 Å². The van der Waals surface area contributed by atoms with Gasteiger partial charge in [0.05, 0.1) is 12.6 Å². The normalized spacial score (nSPS) is 40.3. The van der Waals surface area contributed by atoms with Gasteiger partial charge in [-0.15, -0.1) is 0 Å². The summed E-state index contributed by atoms with van der Waals surface area (Å²) in [6.07, 6.45) is -2.70. The third-order valence-electron chi connectivity index (χ3n) is 2.17. The van der Waals surface area contributed by atoms with Crippen molar-refractivity contribution in [2.45, 2.75) is 24.4 Å². The molecule has 3 unspecified atom stereocenters. The quantitative estimate of drug-likeness (QED) is 0.451. The Morgan fingerprint density at radius 1 is 1.67 bits per heavy atom. The number of alkyl halides is 1. The standard InChI is InChI=1S/C7H15BFO4PS/c1-11-3-4-6(13-14(2,10)15)5(9)7(8)12-4/h4-7H,3,8H2,1-2H3,(H,10,15)/t4-,5?,6?,7-,14?/m1/s1. The molecule has 1 saturated heterocycles. The molecule has 0 aromatic carbocycles. The summed E-state index contributed by atoms with van der Waals surface area (Å²) in [5.41, 5.74) is 0. The highest BCUT2D eigenvalue weighted by Gasteiger charge is 2.45. The predicted molar refractivity (Wildman–Crippen MR) is 61.4 cm³/mol. The number of hydrogen-bond donors (Lipinski definition) is 1. The Morgan fingerprint density at radius 3 is 2.73 bits per heavy atom. The van der Waals surface area contributed by atoms with Crippen molar-refractivity contribution in [1.29, 1.82) is 0 Å². The van der Waals surface area contributed by atoms with Crippen molar-refractivity contribution in [2.24, 2.45) is 0 Å². The molecule has 5 atom stereocenters. The van der Waals surface area contributed by atoms with Crippen molar-refractivity contribution in [3.8, 4) is 0 Å². The number of ether oxygens (including phenoxy) is 2. The largest absolute Gasteiger partial charge is 0.382 e. The highest BCUT2D eigenvalue weighted by molar-refractivity contribution is 8.46. The smallest absolute Gasteiger partial charge is 0.252 e. The second-order valence-electron chi connectivity index (χ2n) is 3.65. The molecule has 0 aromatic rings. The average Bonchev–Trinajstić information content (AvgIpc) is 2.32. The minimum absolute atomic E-state index is 0.212. The minimum Gasteiger partial charge on any atom is -0.382 e. The summed E-state index contributed by atoms with van der Waals surface area (Å²) in [7, 11) is 3.10. The van der Waals surface area contributed by atoms with Crippen LogP contribution in [0, 0.1) is 0 Å². The average molecular weight is 256 g/mol. The van der Waals surface area contributed by atoms with Crippen molar-refractivity contribution < 1.29 is 23.0 Å². The maximum atomic E-state index is 13.6. The molecule has 0 amide bonds. The Hall–Kier alpha value is 0.455. The van der Waals surface area contributed by atoms with Crippen LogP contribution < -0.4 is 0 Å². The molecule has 0 radical (unpaired) electrons. The van der Waals surface area contributed by atoms with E-state index < -0.39 is 31.0 Å². The Balaban J connectivity index is 2.68. The zero-order valence-corrected chi connectivity index (χ0v) is 10.7. The third kappa shape index (κ3) is 3.75. The van der Waals surface area contributed by atoms with Crippen molar-refractivity contribution in [3.63, 3.8) is 0 Å². The molecule has 0 aliphatic carbocycles. The maximum absolute atomic E-state index is 13.6. The predicted octanol–water partition coefficient (Wildman–Crippen LogP) is 0.467. The molecule has 0 spiro atoms. The van der Waals surface area contributed by atoms with Gasteiger partial charge in [0.2, 0.25) is 0 Å². The summed E-state index contributed by atoms with van der Waals surface area (Å²) in [4.78, 5) is 0. The van der Waals surface area contributed by atoms with E-state index in [1.807, 2.05) is 0 Å². The molecule has 88 valence electrons. The van der Waals surface area contributed by atoms with Gasteiger partial charge in [0.25, 0.3) is 6.57 Å². The zero-order chi connectivity index (χ0) is 11.6. The molecular weight excluding hydrogens is 241 g/mol. The molecule has 0 aromatic heterocycles. The van der Waals surface area contributed by atoms with Crippen LogP contribution in [0.2, 0.25) is 0 Å². The molecule has 0 saturated carbocycles. The van der Waals surface area contributed by atoms with Crippen LogP contribution in [0.4, 0.5) is 4.39 Å². The van der Waals surface area contributed by atoms with Crippen LogP contribution >= 0.6 is 18.8 Å². The highest BCUT2D eigenvalue weighted by Crippen LogP contribution is 2.50. The Morgan fingerprint density at radius 2 is 2.27 bits per heavy atom. The zero-order valence-electron chi connectivity index (χ0n) is 8.92. The van der Waals surface area contributed by atoms with E-state index in [-0.39, 0.29) is 6.61 Å². The molecule has 0 bridgehead atoms. The van der Waals surface area contributed by atoms with E-state index in [1.54, 1.807) is 7.85 Å². The summed E-state index contributed by atoms with van der Waals surface area (Å²) in [5, 5.41) is 0. The third-order valence-corrected chi connectivity index (χ3v) is 3.08. The molecule has 1 aliphatic heterocycles. The minimum atomic E-state index is -3.02. The molecule has 8 heteroatoms. The van der Waals surface area contributed by atoms with Crippen LogP contribution in [0.1, 0.15) is 0 Å². The fraction of sp³-hybridized carbons (Fsp3) is 1.00. The van der Waals surface area contributed by atoms with E-state index in [0.717, 1.165) is 0 Å². The molecular formula is C7H15BFO4PS. The van der Waals surface area contributed by atoms with E-state index in [9.17, 15) is 8.96 Å². The maximum Gasteiger partial charge on any atom is 0.252 e. The van der Waals surface area contributed by atoms with Crippen molar-refractivity contribution >= 4 is 26.7 Å². The highest BCUT2D eigenvalue weighted by atomic mass is 32.7. The number of thiol groups is 1. The van der Waals surface area contributed by atoms with Crippen molar-refractivity contribution in [2.75, 3.05) is 20.4 Å². The van der Waals surface area contributed by atoms with Gasteiger partial charge < -0.3 is 14.0 Å². The Bertz CT molecular complexity index is 263. The van der Waals surface area contributed by atoms with Gasteiger partial charge in [0.1, 0.15) is 26.2 Å². The van der Waals surface area contributed by atoms with Gasteiger partial charge in [-0.1, -0.05) is 12.2 Å². The van der Waals surface area contributed by atoms with Crippen LogP contribution in [0.5, 0.6) is 0 Å². The molecule has 15 heavy (non-hydrogen) atoms. The van der Waals surface area contributed by atoms with E-state index >= 15 is 0 Å². The van der Waals surface area contributed by atoms with Crippen molar-refractivity contribution in [1.82, 2.24) is 0 Å². The summed E-state index contributed by atoms with van der Waals surface area (Å²) >= 11 is 3.78. The molecule has 1 heterocycles. The molecule has 4 nitrogen and oxygen atoms in total. The fourth-order valence-corrected chi connectivity index (χ4v) is 2.58. The first-order valence-electron chi connectivity index (χ1n) is 4.62. The summed E-state index contributed by atoms with van der Waals surface area (Å²) in [6.45, 7) is -1.48. The summed E-state index contributed by atoms with van der Waals surface area (Å²) in [6, 6.07) is -0.574. The molecule has 0 N–H and O–H groups in total. The second-order valence-corrected chi connectivity index (χ2v) is 7.65. The number of methoxy groups -OCH3 is 1. The van der Waals surface area contributed by atoms with E-state index in [2.05, 4.69) is 12.2 Å². The summed E-state index contributed by atoms with van der Waals surface area (Å²) in [5.74, 6) is 0. The lowest BCUT2D eigenvalue weighted by Crippen LogP contribution is -2.33. The molecule has 1 rings (SSSR count). The SMILES string of the molecule is B[C@@H]1O[C@H](COC)C(OP(C)(=O)S)C1F. The first kappa shape index (κ1) is 13.5. The lowest BCUT2D eigenvalue weighted by atomic mass is 9.94. The van der Waals surface area contributed by atoms with Crippen molar-refractivity contribution in [3.05, 3.63) is 0 Å². The van der Waals surface area contributed by atoms with Gasteiger partial charge in [-0.05, 0) is 0 Å². The van der Waals surface area contributed by atoms with Gasteiger partial charge in [-0.25, -0.2) is 4.39 Å². The van der Waals surface area contributed by atoms with Crippen LogP contribution in [-0.4, -0.2) is 52.6 Å². The monoisotopic (exact) mass is 256 g/mol. The van der Waals surface area contributed by atoms with E-state index in [0.29, 0.717) is 0 Å². The van der Waals surface area contributed by atoms with Gasteiger partial charge in [0.15, 0.2) is 0 Å². The van der Waals surface area contributed by atoms with E-state index in [1.165, 1.54) is 13.8 Å². The van der Waals surface area contributed by atoms with Crippen LogP contribution in [0.3, 0.4) is 0 Å². The van der Waals surface area contributed by atoms with Gasteiger partial charge >= 0.3 is 0 Å². The van der Waals surface area contributed by atoms with Gasteiger partial charge in [0, 0.05) is 13.8 Å². The first-order chi connectivity index (χ1) is 6.85. The Labute approximate surface area is 94.9 Å². The Kier molecular flexibility index (Phi) is 4.68. The number of halogens is 1. The first-order valence-corrected chi connectivity index (χ1v) is 7.84. The van der Waals surface area contributed by atoms with Gasteiger partial charge in [-0.3, -0.25) is 4.57 Å². The lowest BCUT2D eigenvalue weighted by molar-refractivity contribution is -0.00923. The number of rotatable bonds is 4. The molecule has 1 fully saturated rings. The summed E-state index contributed by atoms with van der Waals surface area (Å²) < 4.78 is 40.2.